The fourth-order valence-electron chi connectivity index (χ4n) is 1.65. The van der Waals surface area contributed by atoms with Crippen molar-refractivity contribution >= 4 is 5.97 Å². The molecular formula is C17H28O2. The Balaban J connectivity index is 3.80. The molecule has 0 amide bonds. The molecular weight excluding hydrogens is 236 g/mol. The maximum absolute atomic E-state index is 10.6. The number of carbonyl (C=O) groups excluding carboxylic acids is 1. The van der Waals surface area contributed by atoms with Crippen LogP contribution in [0.5, 0.6) is 0 Å². The van der Waals surface area contributed by atoms with E-state index in [0.29, 0.717) is 6.61 Å². The van der Waals surface area contributed by atoms with Crippen LogP contribution in [0.25, 0.3) is 0 Å². The molecule has 0 N–H and O–H groups in total. The number of hydrogen-bond donors (Lipinski definition) is 0. The first kappa shape index (κ1) is 17.7. The Hall–Kier alpha value is -1.31. The lowest BCUT2D eigenvalue weighted by Gasteiger charge is -2.01. The third kappa shape index (κ3) is 12.9. The lowest BCUT2D eigenvalue weighted by molar-refractivity contribution is -0.139. The van der Waals surface area contributed by atoms with E-state index in [1.807, 2.05) is 6.08 Å². The summed E-state index contributed by atoms with van der Waals surface area (Å²) in [6.45, 7) is 8.26. The molecule has 0 spiro atoms. The molecule has 108 valence electrons. The molecule has 0 heterocycles. The lowest BCUT2D eigenvalue weighted by Crippen LogP contribution is -1.98. The Morgan fingerprint density at radius 2 is 1.58 bits per heavy atom. The third-order valence-electron chi connectivity index (χ3n) is 2.86. The van der Waals surface area contributed by atoms with Crippen molar-refractivity contribution in [3.05, 3.63) is 35.5 Å². The van der Waals surface area contributed by atoms with Gasteiger partial charge in [0.25, 0.3) is 0 Å². The Bertz CT molecular complexity index is 335. The SMILES string of the molecule is CCC=CCC/C(C)=C\CC/C(C)=C\COC(C)=O. The second-order valence-electron chi connectivity index (χ2n) is 4.86. The largest absolute Gasteiger partial charge is 0.462 e. The van der Waals surface area contributed by atoms with Crippen molar-refractivity contribution in [1.29, 1.82) is 0 Å². The van der Waals surface area contributed by atoms with E-state index < -0.39 is 0 Å². The Labute approximate surface area is 118 Å². The number of ether oxygens (including phenoxy) is 1. The van der Waals surface area contributed by atoms with Crippen LogP contribution < -0.4 is 0 Å². The Kier molecular flexibility index (Phi) is 11.0. The van der Waals surface area contributed by atoms with Crippen LogP contribution in [0.3, 0.4) is 0 Å². The quantitative estimate of drug-likeness (QED) is 0.434. The van der Waals surface area contributed by atoms with E-state index in [2.05, 4.69) is 39.0 Å². The zero-order valence-electron chi connectivity index (χ0n) is 12.9. The van der Waals surface area contributed by atoms with Crippen molar-refractivity contribution < 1.29 is 9.53 Å². The molecule has 0 aromatic heterocycles. The van der Waals surface area contributed by atoms with Crippen LogP contribution in [0.4, 0.5) is 0 Å². The van der Waals surface area contributed by atoms with Crippen LogP contribution in [0.2, 0.25) is 0 Å². The second-order valence-corrected chi connectivity index (χ2v) is 4.86. The summed E-state index contributed by atoms with van der Waals surface area (Å²) in [7, 11) is 0. The molecule has 0 saturated heterocycles. The van der Waals surface area contributed by atoms with Gasteiger partial charge in [-0.15, -0.1) is 0 Å². The van der Waals surface area contributed by atoms with Gasteiger partial charge in [0.05, 0.1) is 0 Å². The van der Waals surface area contributed by atoms with Gasteiger partial charge in [-0.3, -0.25) is 4.79 Å². The molecule has 2 heteroatoms. The monoisotopic (exact) mass is 264 g/mol. The summed E-state index contributed by atoms with van der Waals surface area (Å²) in [6.07, 6.45) is 14.3. The lowest BCUT2D eigenvalue weighted by atomic mass is 10.1. The third-order valence-corrected chi connectivity index (χ3v) is 2.86. The highest BCUT2D eigenvalue weighted by atomic mass is 16.5. The average Bonchev–Trinajstić information content (AvgIpc) is 2.34. The van der Waals surface area contributed by atoms with Gasteiger partial charge in [0, 0.05) is 6.92 Å². The highest BCUT2D eigenvalue weighted by Crippen LogP contribution is 2.10. The molecule has 0 atom stereocenters. The standard InChI is InChI=1S/C17H28O2/c1-5-6-7-8-10-15(2)11-9-12-16(3)13-14-19-17(4)18/h6-7,11,13H,5,8-10,12,14H2,1-4H3/b7-6?,15-11-,16-13-. The minimum Gasteiger partial charge on any atom is -0.462 e. The van der Waals surface area contributed by atoms with Gasteiger partial charge in [-0.1, -0.05) is 36.3 Å². The van der Waals surface area contributed by atoms with Gasteiger partial charge in [-0.2, -0.15) is 0 Å². The van der Waals surface area contributed by atoms with Crippen LogP contribution >= 0.6 is 0 Å². The van der Waals surface area contributed by atoms with Gasteiger partial charge in [0.15, 0.2) is 0 Å². The maximum Gasteiger partial charge on any atom is 0.302 e. The average molecular weight is 264 g/mol. The Morgan fingerprint density at radius 1 is 0.947 bits per heavy atom. The van der Waals surface area contributed by atoms with Crippen LogP contribution in [0.1, 0.15) is 59.8 Å². The summed E-state index contributed by atoms with van der Waals surface area (Å²) < 4.78 is 4.88. The highest BCUT2D eigenvalue weighted by Gasteiger charge is 1.93. The fraction of sp³-hybridized carbons (Fsp3) is 0.588. The Morgan fingerprint density at radius 3 is 2.21 bits per heavy atom. The van der Waals surface area contributed by atoms with E-state index >= 15 is 0 Å². The molecule has 0 aromatic carbocycles. The van der Waals surface area contributed by atoms with Gasteiger partial charge >= 0.3 is 5.97 Å². The number of carbonyl (C=O) groups is 1. The van der Waals surface area contributed by atoms with E-state index in [-0.39, 0.29) is 5.97 Å². The van der Waals surface area contributed by atoms with Crippen LogP contribution in [0.15, 0.2) is 35.5 Å². The van der Waals surface area contributed by atoms with Crippen molar-refractivity contribution in [3.63, 3.8) is 0 Å². The predicted molar refractivity (Wildman–Crippen MR) is 82.0 cm³/mol. The zero-order valence-corrected chi connectivity index (χ0v) is 12.9. The fourth-order valence-corrected chi connectivity index (χ4v) is 1.65. The highest BCUT2D eigenvalue weighted by molar-refractivity contribution is 5.66. The number of esters is 1. The summed E-state index contributed by atoms with van der Waals surface area (Å²) in [6, 6.07) is 0. The van der Waals surface area contributed by atoms with E-state index in [0.717, 1.165) is 32.1 Å². The maximum atomic E-state index is 10.6. The molecule has 0 aliphatic heterocycles. The van der Waals surface area contributed by atoms with E-state index in [4.69, 9.17) is 4.74 Å². The first-order valence-electron chi connectivity index (χ1n) is 7.15. The molecule has 2 nitrogen and oxygen atoms in total. The molecule has 0 rings (SSSR count). The van der Waals surface area contributed by atoms with Gasteiger partial charge in [-0.25, -0.2) is 0 Å². The minimum atomic E-state index is -0.222. The van der Waals surface area contributed by atoms with Crippen LogP contribution in [-0.4, -0.2) is 12.6 Å². The second kappa shape index (κ2) is 11.8. The predicted octanol–water partition coefficient (Wildman–Crippen LogP) is 4.97. The van der Waals surface area contributed by atoms with Crippen LogP contribution in [-0.2, 0) is 9.53 Å². The van der Waals surface area contributed by atoms with Crippen molar-refractivity contribution in [1.82, 2.24) is 0 Å². The van der Waals surface area contributed by atoms with Gasteiger partial charge < -0.3 is 4.74 Å². The number of allylic oxidation sites excluding steroid dienone is 5. The normalized spacial score (nSPS) is 13.1. The molecule has 0 radical (unpaired) electrons. The van der Waals surface area contributed by atoms with Crippen molar-refractivity contribution in [2.45, 2.75) is 59.8 Å². The van der Waals surface area contributed by atoms with Gasteiger partial charge in [0.2, 0.25) is 0 Å². The van der Waals surface area contributed by atoms with Gasteiger partial charge in [0.1, 0.15) is 6.61 Å². The number of hydrogen-bond acceptors (Lipinski definition) is 2. The first-order chi connectivity index (χ1) is 9.06. The first-order valence-corrected chi connectivity index (χ1v) is 7.15. The van der Waals surface area contributed by atoms with Crippen molar-refractivity contribution in [3.8, 4) is 0 Å². The van der Waals surface area contributed by atoms with Crippen molar-refractivity contribution in [2.75, 3.05) is 6.61 Å². The molecule has 0 fully saturated rings. The molecule has 0 unspecified atom stereocenters. The minimum absolute atomic E-state index is 0.222. The topological polar surface area (TPSA) is 26.3 Å². The van der Waals surface area contributed by atoms with E-state index in [9.17, 15) is 4.79 Å². The zero-order chi connectivity index (χ0) is 14.5. The summed E-state index contributed by atoms with van der Waals surface area (Å²) in [4.78, 5) is 10.6. The summed E-state index contributed by atoms with van der Waals surface area (Å²) in [5.74, 6) is -0.222. The summed E-state index contributed by atoms with van der Waals surface area (Å²) >= 11 is 0. The van der Waals surface area contributed by atoms with Crippen molar-refractivity contribution in [2.24, 2.45) is 0 Å². The number of rotatable bonds is 9. The van der Waals surface area contributed by atoms with E-state index in [1.54, 1.807) is 0 Å². The molecule has 0 aliphatic rings. The summed E-state index contributed by atoms with van der Waals surface area (Å²) in [5, 5.41) is 0. The van der Waals surface area contributed by atoms with E-state index in [1.165, 1.54) is 18.1 Å². The summed E-state index contributed by atoms with van der Waals surface area (Å²) in [5.41, 5.74) is 2.73. The molecule has 0 aliphatic carbocycles. The van der Waals surface area contributed by atoms with Crippen LogP contribution in [0, 0.1) is 0 Å². The molecule has 0 aromatic rings. The molecule has 19 heavy (non-hydrogen) atoms. The molecule has 0 bridgehead atoms. The smallest absolute Gasteiger partial charge is 0.302 e. The molecule has 0 saturated carbocycles. The van der Waals surface area contributed by atoms with Gasteiger partial charge in [-0.05, 0) is 52.0 Å².